The van der Waals surface area contributed by atoms with Gasteiger partial charge in [0.25, 0.3) is 0 Å². The smallest absolute Gasteiger partial charge is 0.241 e. The summed E-state index contributed by atoms with van der Waals surface area (Å²) in [5.41, 5.74) is 0. The predicted molar refractivity (Wildman–Crippen MR) is 91.4 cm³/mol. The largest absolute Gasteiger partial charge is 0.355 e. The van der Waals surface area contributed by atoms with E-state index >= 15 is 0 Å². The van der Waals surface area contributed by atoms with Gasteiger partial charge in [-0.05, 0) is 59.2 Å². The molecule has 0 fully saturated rings. The van der Waals surface area contributed by atoms with Crippen molar-refractivity contribution in [2.75, 3.05) is 6.54 Å². The molecule has 0 bridgehead atoms. The Balaban J connectivity index is 2.92. The van der Waals surface area contributed by atoms with Crippen molar-refractivity contribution in [3.63, 3.8) is 0 Å². The third-order valence-corrected chi connectivity index (χ3v) is 5.08. The lowest BCUT2D eigenvalue weighted by atomic mass is 10.1. The van der Waals surface area contributed by atoms with Crippen LogP contribution >= 0.6 is 22.6 Å². The van der Waals surface area contributed by atoms with E-state index in [1.807, 2.05) is 20.8 Å². The third-order valence-electron chi connectivity index (χ3n) is 2.90. The molecule has 0 radical (unpaired) electrons. The van der Waals surface area contributed by atoms with Crippen molar-refractivity contribution in [1.29, 1.82) is 0 Å². The highest BCUT2D eigenvalue weighted by Crippen LogP contribution is 2.14. The lowest BCUT2D eigenvalue weighted by molar-refractivity contribution is -0.123. The Hall–Kier alpha value is -0.670. The number of rotatable bonds is 7. The van der Waals surface area contributed by atoms with Gasteiger partial charge in [0.15, 0.2) is 0 Å². The van der Waals surface area contributed by atoms with Crippen LogP contribution < -0.4 is 10.0 Å². The number of halogens is 1. The molecule has 1 unspecified atom stereocenters. The standard InChI is InChI=1S/C14H21IN2O3S/c1-4-9-16-14(18)13(10(2)3)17-21(19,20)12-7-5-11(15)6-8-12/h5-8,10,13,17H,4,9H2,1-3H3,(H,16,18). The van der Waals surface area contributed by atoms with Gasteiger partial charge in [0, 0.05) is 10.1 Å². The molecule has 1 aromatic rings. The van der Waals surface area contributed by atoms with Crippen LogP contribution in [0.2, 0.25) is 0 Å². The zero-order chi connectivity index (χ0) is 16.0. The first-order valence-electron chi connectivity index (χ1n) is 6.83. The van der Waals surface area contributed by atoms with E-state index in [0.717, 1.165) is 9.99 Å². The molecular weight excluding hydrogens is 403 g/mol. The molecule has 2 N–H and O–H groups in total. The molecule has 1 atom stereocenters. The van der Waals surface area contributed by atoms with E-state index in [-0.39, 0.29) is 16.7 Å². The van der Waals surface area contributed by atoms with Crippen molar-refractivity contribution < 1.29 is 13.2 Å². The third kappa shape index (κ3) is 5.55. The minimum Gasteiger partial charge on any atom is -0.355 e. The Bertz CT molecular complexity index is 570. The molecule has 0 saturated carbocycles. The van der Waals surface area contributed by atoms with Crippen LogP contribution in [0.1, 0.15) is 27.2 Å². The maximum Gasteiger partial charge on any atom is 0.241 e. The van der Waals surface area contributed by atoms with E-state index in [9.17, 15) is 13.2 Å². The SMILES string of the molecule is CCCNC(=O)C(NS(=O)(=O)c1ccc(I)cc1)C(C)C. The maximum absolute atomic E-state index is 12.3. The average molecular weight is 424 g/mol. The van der Waals surface area contributed by atoms with E-state index in [4.69, 9.17) is 0 Å². The highest BCUT2D eigenvalue weighted by Gasteiger charge is 2.27. The topological polar surface area (TPSA) is 75.3 Å². The van der Waals surface area contributed by atoms with Gasteiger partial charge in [-0.3, -0.25) is 4.79 Å². The lowest BCUT2D eigenvalue weighted by Crippen LogP contribution is -2.49. The van der Waals surface area contributed by atoms with Gasteiger partial charge >= 0.3 is 0 Å². The maximum atomic E-state index is 12.3. The first-order valence-corrected chi connectivity index (χ1v) is 9.39. The molecule has 5 nitrogen and oxygen atoms in total. The molecule has 0 spiro atoms. The first kappa shape index (κ1) is 18.4. The number of benzene rings is 1. The Morgan fingerprint density at radius 2 is 1.81 bits per heavy atom. The van der Waals surface area contributed by atoms with Crippen molar-refractivity contribution >= 4 is 38.5 Å². The second-order valence-corrected chi connectivity index (χ2v) is 8.05. The quantitative estimate of drug-likeness (QED) is 0.659. The summed E-state index contributed by atoms with van der Waals surface area (Å²) in [5.74, 6) is -0.429. The Morgan fingerprint density at radius 3 is 2.29 bits per heavy atom. The summed E-state index contributed by atoms with van der Waals surface area (Å²) in [6, 6.07) is 5.73. The number of carbonyl (C=O) groups is 1. The molecule has 1 amide bonds. The molecule has 1 aromatic carbocycles. The molecular formula is C14H21IN2O3S. The van der Waals surface area contributed by atoms with Gasteiger partial charge in [-0.2, -0.15) is 4.72 Å². The van der Waals surface area contributed by atoms with E-state index in [2.05, 4.69) is 32.6 Å². The van der Waals surface area contributed by atoms with Crippen LogP contribution in [0.25, 0.3) is 0 Å². The second-order valence-electron chi connectivity index (χ2n) is 5.09. The van der Waals surface area contributed by atoms with Crippen LogP contribution in [0.3, 0.4) is 0 Å². The molecule has 0 aromatic heterocycles. The van der Waals surface area contributed by atoms with Crippen molar-refractivity contribution in [3.8, 4) is 0 Å². The molecule has 1 rings (SSSR count). The molecule has 0 saturated heterocycles. The average Bonchev–Trinajstić information content (AvgIpc) is 2.42. The van der Waals surface area contributed by atoms with Crippen molar-refractivity contribution in [2.24, 2.45) is 5.92 Å². The van der Waals surface area contributed by atoms with E-state index in [1.165, 1.54) is 12.1 Å². The summed E-state index contributed by atoms with van der Waals surface area (Å²) in [7, 11) is -3.71. The van der Waals surface area contributed by atoms with E-state index in [0.29, 0.717) is 6.54 Å². The number of hydrogen-bond acceptors (Lipinski definition) is 3. The van der Waals surface area contributed by atoms with Gasteiger partial charge < -0.3 is 5.32 Å². The summed E-state index contributed by atoms with van der Waals surface area (Å²) in [6.07, 6.45) is 0.806. The van der Waals surface area contributed by atoms with Crippen LogP contribution in [0.15, 0.2) is 29.2 Å². The molecule has 0 aliphatic rings. The van der Waals surface area contributed by atoms with Crippen LogP contribution in [0, 0.1) is 9.49 Å². The number of amides is 1. The van der Waals surface area contributed by atoms with Crippen LogP contribution in [-0.2, 0) is 14.8 Å². The summed E-state index contributed by atoms with van der Waals surface area (Å²) in [5, 5.41) is 2.73. The summed E-state index contributed by atoms with van der Waals surface area (Å²) >= 11 is 2.11. The van der Waals surface area contributed by atoms with Crippen molar-refractivity contribution in [3.05, 3.63) is 27.8 Å². The minimum atomic E-state index is -3.71. The Morgan fingerprint density at radius 1 is 1.24 bits per heavy atom. The van der Waals surface area contributed by atoms with Gasteiger partial charge in [0.2, 0.25) is 15.9 Å². The number of nitrogens with one attached hydrogen (secondary N) is 2. The highest BCUT2D eigenvalue weighted by molar-refractivity contribution is 14.1. The Kier molecular flexibility index (Phi) is 7.08. The van der Waals surface area contributed by atoms with Crippen LogP contribution in [-0.4, -0.2) is 26.9 Å². The normalized spacial score (nSPS) is 13.2. The van der Waals surface area contributed by atoms with Gasteiger partial charge in [-0.1, -0.05) is 20.8 Å². The fraction of sp³-hybridized carbons (Fsp3) is 0.500. The monoisotopic (exact) mass is 424 g/mol. The molecule has 0 aliphatic heterocycles. The first-order chi connectivity index (χ1) is 9.77. The highest BCUT2D eigenvalue weighted by atomic mass is 127. The number of sulfonamides is 1. The number of carbonyl (C=O) groups excluding carboxylic acids is 1. The fourth-order valence-electron chi connectivity index (χ4n) is 1.70. The molecule has 118 valence electrons. The summed E-state index contributed by atoms with van der Waals surface area (Å²) in [4.78, 5) is 12.2. The zero-order valence-corrected chi connectivity index (χ0v) is 15.4. The van der Waals surface area contributed by atoms with Crippen molar-refractivity contribution in [1.82, 2.24) is 10.0 Å². The zero-order valence-electron chi connectivity index (χ0n) is 12.4. The molecule has 21 heavy (non-hydrogen) atoms. The van der Waals surface area contributed by atoms with Crippen LogP contribution in [0.4, 0.5) is 0 Å². The van der Waals surface area contributed by atoms with E-state index < -0.39 is 16.1 Å². The predicted octanol–water partition coefficient (Wildman–Crippen LogP) is 2.12. The second kappa shape index (κ2) is 8.09. The van der Waals surface area contributed by atoms with Crippen molar-refractivity contribution in [2.45, 2.75) is 38.1 Å². The Labute approximate surface area is 140 Å². The number of hydrogen-bond donors (Lipinski definition) is 2. The molecule has 0 heterocycles. The van der Waals surface area contributed by atoms with Gasteiger partial charge in [0.05, 0.1) is 4.90 Å². The minimum absolute atomic E-state index is 0.138. The van der Waals surface area contributed by atoms with Crippen LogP contribution in [0.5, 0.6) is 0 Å². The van der Waals surface area contributed by atoms with Gasteiger partial charge in [0.1, 0.15) is 6.04 Å². The van der Waals surface area contributed by atoms with E-state index in [1.54, 1.807) is 12.1 Å². The van der Waals surface area contributed by atoms with Gasteiger partial charge in [-0.15, -0.1) is 0 Å². The molecule has 7 heteroatoms. The fourth-order valence-corrected chi connectivity index (χ4v) is 3.40. The van der Waals surface area contributed by atoms with Gasteiger partial charge in [-0.25, -0.2) is 8.42 Å². The lowest BCUT2D eigenvalue weighted by Gasteiger charge is -2.21. The molecule has 0 aliphatic carbocycles. The summed E-state index contributed by atoms with van der Waals surface area (Å²) in [6.45, 7) is 6.10. The summed E-state index contributed by atoms with van der Waals surface area (Å²) < 4.78 is 28.1.